The van der Waals surface area contributed by atoms with Crippen molar-refractivity contribution >= 4 is 6.29 Å². The number of rotatable bonds is 5. The topological polar surface area (TPSA) is 26.3 Å². The van der Waals surface area contributed by atoms with Crippen molar-refractivity contribution in [2.75, 3.05) is 6.61 Å². The molecule has 0 saturated carbocycles. The molecular formula is C13H16O2. The van der Waals surface area contributed by atoms with Crippen molar-refractivity contribution in [3.8, 4) is 5.75 Å². The summed E-state index contributed by atoms with van der Waals surface area (Å²) in [6.07, 6.45) is 3.31. The van der Waals surface area contributed by atoms with Crippen molar-refractivity contribution in [2.24, 2.45) is 0 Å². The standard InChI is InChI=1S/C13H16O2/c1-11(2)8-10-15-13-6-4-3-5-12(13)7-9-14/h3-6,8-9H,7,10H2,1-2H3. The molecule has 0 aliphatic heterocycles. The molecule has 1 aromatic rings. The molecular weight excluding hydrogens is 188 g/mol. The van der Waals surface area contributed by atoms with Gasteiger partial charge >= 0.3 is 0 Å². The molecule has 1 rings (SSSR count). The first-order valence-electron chi connectivity index (χ1n) is 5.01. The van der Waals surface area contributed by atoms with E-state index < -0.39 is 0 Å². The van der Waals surface area contributed by atoms with Gasteiger partial charge < -0.3 is 9.53 Å². The molecule has 1 aromatic carbocycles. The van der Waals surface area contributed by atoms with E-state index >= 15 is 0 Å². The molecule has 80 valence electrons. The fraction of sp³-hybridized carbons (Fsp3) is 0.308. The third-order valence-corrected chi connectivity index (χ3v) is 2.01. The molecule has 0 fully saturated rings. The second-order valence-corrected chi connectivity index (χ2v) is 3.57. The van der Waals surface area contributed by atoms with E-state index in [0.29, 0.717) is 13.0 Å². The molecule has 0 unspecified atom stereocenters. The zero-order valence-corrected chi connectivity index (χ0v) is 9.19. The Morgan fingerprint density at radius 2 is 2.07 bits per heavy atom. The van der Waals surface area contributed by atoms with Crippen LogP contribution in [0.3, 0.4) is 0 Å². The van der Waals surface area contributed by atoms with E-state index in [4.69, 9.17) is 4.74 Å². The molecule has 0 N–H and O–H groups in total. The number of carbonyl (C=O) groups excluding carboxylic acids is 1. The molecule has 0 aliphatic rings. The largest absolute Gasteiger partial charge is 0.489 e. The van der Waals surface area contributed by atoms with Gasteiger partial charge in [0.2, 0.25) is 0 Å². The molecule has 0 aliphatic carbocycles. The zero-order chi connectivity index (χ0) is 11.1. The molecule has 0 spiro atoms. The average molecular weight is 204 g/mol. The summed E-state index contributed by atoms with van der Waals surface area (Å²) in [5, 5.41) is 0. The SMILES string of the molecule is CC(C)=CCOc1ccccc1CC=O. The summed E-state index contributed by atoms with van der Waals surface area (Å²) >= 11 is 0. The van der Waals surface area contributed by atoms with Crippen molar-refractivity contribution in [1.29, 1.82) is 0 Å². The fourth-order valence-corrected chi connectivity index (χ4v) is 1.20. The van der Waals surface area contributed by atoms with Gasteiger partial charge in [0, 0.05) is 12.0 Å². The molecule has 0 bridgehead atoms. The Bertz CT molecular complexity index is 349. The van der Waals surface area contributed by atoms with Crippen LogP contribution in [0.25, 0.3) is 0 Å². The van der Waals surface area contributed by atoms with E-state index in [0.717, 1.165) is 17.6 Å². The second-order valence-electron chi connectivity index (χ2n) is 3.57. The Kier molecular flexibility index (Phi) is 4.61. The van der Waals surface area contributed by atoms with E-state index in [2.05, 4.69) is 0 Å². The molecule has 0 radical (unpaired) electrons. The number of para-hydroxylation sites is 1. The van der Waals surface area contributed by atoms with Crippen LogP contribution in [0.2, 0.25) is 0 Å². The third-order valence-electron chi connectivity index (χ3n) is 2.01. The lowest BCUT2D eigenvalue weighted by atomic mass is 10.1. The Morgan fingerprint density at radius 1 is 1.33 bits per heavy atom. The quantitative estimate of drug-likeness (QED) is 0.544. The lowest BCUT2D eigenvalue weighted by Crippen LogP contribution is -1.98. The molecule has 0 aromatic heterocycles. The number of carbonyl (C=O) groups is 1. The van der Waals surface area contributed by atoms with Crippen molar-refractivity contribution < 1.29 is 9.53 Å². The summed E-state index contributed by atoms with van der Waals surface area (Å²) in [5.74, 6) is 0.794. The van der Waals surface area contributed by atoms with Crippen LogP contribution in [-0.4, -0.2) is 12.9 Å². The highest BCUT2D eigenvalue weighted by atomic mass is 16.5. The first-order valence-corrected chi connectivity index (χ1v) is 5.01. The van der Waals surface area contributed by atoms with Gasteiger partial charge in [-0.3, -0.25) is 0 Å². The summed E-state index contributed by atoms with van der Waals surface area (Å²) in [5.41, 5.74) is 2.16. The Labute approximate surface area is 90.6 Å². The minimum Gasteiger partial charge on any atom is -0.489 e. The van der Waals surface area contributed by atoms with E-state index in [1.54, 1.807) is 0 Å². The van der Waals surface area contributed by atoms with Gasteiger partial charge in [-0.15, -0.1) is 0 Å². The average Bonchev–Trinajstić information content (AvgIpc) is 2.20. The van der Waals surface area contributed by atoms with Crippen molar-refractivity contribution in [2.45, 2.75) is 20.3 Å². The van der Waals surface area contributed by atoms with E-state index in [1.807, 2.05) is 44.2 Å². The van der Waals surface area contributed by atoms with Crippen molar-refractivity contribution in [3.05, 3.63) is 41.5 Å². The second kappa shape index (κ2) is 6.02. The van der Waals surface area contributed by atoms with Crippen LogP contribution in [0.5, 0.6) is 5.75 Å². The van der Waals surface area contributed by atoms with Crippen molar-refractivity contribution in [3.63, 3.8) is 0 Å². The van der Waals surface area contributed by atoms with Crippen LogP contribution in [0, 0.1) is 0 Å². The minimum absolute atomic E-state index is 0.408. The first-order chi connectivity index (χ1) is 7.24. The third kappa shape index (κ3) is 3.98. The highest BCUT2D eigenvalue weighted by Gasteiger charge is 2.00. The van der Waals surface area contributed by atoms with Gasteiger partial charge in [0.05, 0.1) is 0 Å². The molecule has 2 heteroatoms. The maximum Gasteiger partial charge on any atom is 0.124 e. The van der Waals surface area contributed by atoms with Crippen LogP contribution in [-0.2, 0) is 11.2 Å². The lowest BCUT2D eigenvalue weighted by Gasteiger charge is -2.07. The number of allylic oxidation sites excluding steroid dienone is 1. The van der Waals surface area contributed by atoms with Crippen LogP contribution >= 0.6 is 0 Å². The van der Waals surface area contributed by atoms with Crippen LogP contribution in [0.15, 0.2) is 35.9 Å². The monoisotopic (exact) mass is 204 g/mol. The summed E-state index contributed by atoms with van der Waals surface area (Å²) in [4.78, 5) is 10.4. The number of ether oxygens (including phenoxy) is 1. The predicted octanol–water partition coefficient (Wildman–Crippen LogP) is 2.77. The Morgan fingerprint density at radius 3 is 2.73 bits per heavy atom. The van der Waals surface area contributed by atoms with Crippen LogP contribution in [0.4, 0.5) is 0 Å². The number of hydrogen-bond donors (Lipinski definition) is 0. The van der Waals surface area contributed by atoms with Gasteiger partial charge in [-0.1, -0.05) is 23.8 Å². The normalized spacial score (nSPS) is 9.47. The first kappa shape index (κ1) is 11.5. The highest BCUT2D eigenvalue weighted by Crippen LogP contribution is 2.17. The predicted molar refractivity (Wildman–Crippen MR) is 61.1 cm³/mol. The Balaban J connectivity index is 2.66. The lowest BCUT2D eigenvalue weighted by molar-refractivity contribution is -0.107. The molecule has 0 amide bonds. The van der Waals surface area contributed by atoms with Gasteiger partial charge in [-0.2, -0.15) is 0 Å². The van der Waals surface area contributed by atoms with Gasteiger partial charge in [-0.05, 0) is 26.0 Å². The van der Waals surface area contributed by atoms with Gasteiger partial charge in [0.1, 0.15) is 18.6 Å². The van der Waals surface area contributed by atoms with Gasteiger partial charge in [-0.25, -0.2) is 0 Å². The smallest absolute Gasteiger partial charge is 0.124 e. The maximum absolute atomic E-state index is 10.4. The summed E-state index contributed by atoms with van der Waals surface area (Å²) in [7, 11) is 0. The maximum atomic E-state index is 10.4. The number of hydrogen-bond acceptors (Lipinski definition) is 2. The van der Waals surface area contributed by atoms with Crippen LogP contribution in [0.1, 0.15) is 19.4 Å². The zero-order valence-electron chi connectivity index (χ0n) is 9.19. The number of benzene rings is 1. The molecule has 15 heavy (non-hydrogen) atoms. The van der Waals surface area contributed by atoms with Gasteiger partial charge in [0.15, 0.2) is 0 Å². The summed E-state index contributed by atoms with van der Waals surface area (Å²) in [6, 6.07) is 7.61. The minimum atomic E-state index is 0.408. The molecule has 0 atom stereocenters. The highest BCUT2D eigenvalue weighted by molar-refractivity contribution is 5.57. The molecule has 0 heterocycles. The number of aldehydes is 1. The fourth-order valence-electron chi connectivity index (χ4n) is 1.20. The summed E-state index contributed by atoms with van der Waals surface area (Å²) in [6.45, 7) is 4.61. The molecule has 2 nitrogen and oxygen atoms in total. The van der Waals surface area contributed by atoms with E-state index in [9.17, 15) is 4.79 Å². The van der Waals surface area contributed by atoms with Crippen LogP contribution < -0.4 is 4.74 Å². The molecule has 0 saturated heterocycles. The van der Waals surface area contributed by atoms with E-state index in [-0.39, 0.29) is 0 Å². The Hall–Kier alpha value is -1.57. The summed E-state index contributed by atoms with van der Waals surface area (Å²) < 4.78 is 5.57. The van der Waals surface area contributed by atoms with Crippen molar-refractivity contribution in [1.82, 2.24) is 0 Å². The van der Waals surface area contributed by atoms with E-state index in [1.165, 1.54) is 5.57 Å². The van der Waals surface area contributed by atoms with Gasteiger partial charge in [0.25, 0.3) is 0 Å².